The molecule has 0 atom stereocenters. The highest BCUT2D eigenvalue weighted by Gasteiger charge is 2.13. The van der Waals surface area contributed by atoms with Crippen molar-refractivity contribution in [3.8, 4) is 5.75 Å². The van der Waals surface area contributed by atoms with Gasteiger partial charge in [-0.2, -0.15) is 5.10 Å². The number of hydrogen-bond acceptors (Lipinski definition) is 5. The highest BCUT2D eigenvalue weighted by Crippen LogP contribution is 2.20. The van der Waals surface area contributed by atoms with Crippen LogP contribution in [0.25, 0.3) is 0 Å². The lowest BCUT2D eigenvalue weighted by Crippen LogP contribution is -2.24. The smallest absolute Gasteiger partial charge is 0.332 e. The zero-order valence-electron chi connectivity index (χ0n) is 9.88. The number of benzene rings is 1. The van der Waals surface area contributed by atoms with Gasteiger partial charge in [-0.25, -0.2) is 18.6 Å². The summed E-state index contributed by atoms with van der Waals surface area (Å²) in [5, 5.41) is 3.52. The third-order valence-corrected chi connectivity index (χ3v) is 3.15. The molecular weight excluding hydrogens is 258 g/mol. The summed E-state index contributed by atoms with van der Waals surface area (Å²) in [6, 6.07) is 3.64. The van der Waals surface area contributed by atoms with E-state index in [4.69, 9.17) is 10.5 Å². The van der Waals surface area contributed by atoms with Crippen LogP contribution in [0.15, 0.2) is 28.2 Å². The zero-order chi connectivity index (χ0) is 13.8. The van der Waals surface area contributed by atoms with Crippen LogP contribution in [0, 0.1) is 0 Å². The number of ether oxygens (including phenoxy) is 1. The van der Waals surface area contributed by atoms with Crippen molar-refractivity contribution in [2.45, 2.75) is 4.90 Å². The summed E-state index contributed by atoms with van der Waals surface area (Å²) >= 11 is 0. The van der Waals surface area contributed by atoms with Crippen LogP contribution in [0.3, 0.4) is 0 Å². The van der Waals surface area contributed by atoms with Crippen molar-refractivity contribution in [1.82, 2.24) is 5.43 Å². The standard InChI is InChI=1S/C10H13N3O4S/c1-17-8-4-3-7(6-12-13-10(11)14)9(5-8)18(2,15)16/h3-6H,1-2H3,(H3,11,13,14). The second kappa shape index (κ2) is 5.50. The number of hydrazone groups is 1. The summed E-state index contributed by atoms with van der Waals surface area (Å²) < 4.78 is 28.1. The molecule has 1 aromatic carbocycles. The maximum atomic E-state index is 11.6. The molecule has 0 fully saturated rings. The van der Waals surface area contributed by atoms with Crippen LogP contribution < -0.4 is 15.9 Å². The molecule has 0 spiro atoms. The quantitative estimate of drug-likeness (QED) is 0.597. The number of primary amides is 1. The van der Waals surface area contributed by atoms with Crippen LogP contribution in [0.4, 0.5) is 4.79 Å². The Morgan fingerprint density at radius 1 is 1.50 bits per heavy atom. The normalized spacial score (nSPS) is 11.4. The van der Waals surface area contributed by atoms with Gasteiger partial charge in [0.2, 0.25) is 0 Å². The molecule has 2 amide bonds. The Kier molecular flexibility index (Phi) is 4.27. The van der Waals surface area contributed by atoms with Crippen LogP contribution >= 0.6 is 0 Å². The zero-order valence-corrected chi connectivity index (χ0v) is 10.7. The Balaban J connectivity index is 3.19. The van der Waals surface area contributed by atoms with Crippen LogP contribution in [-0.4, -0.2) is 34.0 Å². The topological polar surface area (TPSA) is 111 Å². The van der Waals surface area contributed by atoms with E-state index < -0.39 is 15.9 Å². The molecule has 18 heavy (non-hydrogen) atoms. The third kappa shape index (κ3) is 3.74. The summed E-state index contributed by atoms with van der Waals surface area (Å²) in [6.07, 6.45) is 2.27. The van der Waals surface area contributed by atoms with Crippen molar-refractivity contribution in [3.05, 3.63) is 23.8 Å². The molecule has 0 unspecified atom stereocenters. The van der Waals surface area contributed by atoms with Gasteiger partial charge in [0, 0.05) is 11.8 Å². The lowest BCUT2D eigenvalue weighted by molar-refractivity contribution is 0.249. The van der Waals surface area contributed by atoms with Gasteiger partial charge in [0.15, 0.2) is 9.84 Å². The van der Waals surface area contributed by atoms with Gasteiger partial charge in [-0.1, -0.05) is 0 Å². The number of amides is 2. The second-order valence-electron chi connectivity index (χ2n) is 3.41. The van der Waals surface area contributed by atoms with Crippen LogP contribution in [0.1, 0.15) is 5.56 Å². The molecule has 7 nitrogen and oxygen atoms in total. The van der Waals surface area contributed by atoms with E-state index in [1.54, 1.807) is 6.07 Å². The number of methoxy groups -OCH3 is 1. The number of nitrogens with two attached hydrogens (primary N) is 1. The molecule has 1 aromatic rings. The van der Waals surface area contributed by atoms with Gasteiger partial charge in [-0.3, -0.25) is 0 Å². The lowest BCUT2D eigenvalue weighted by atomic mass is 10.2. The first-order valence-corrected chi connectivity index (χ1v) is 6.70. The van der Waals surface area contributed by atoms with Crippen molar-refractivity contribution in [1.29, 1.82) is 0 Å². The fraction of sp³-hybridized carbons (Fsp3) is 0.200. The molecule has 0 aliphatic rings. The summed E-state index contributed by atoms with van der Waals surface area (Å²) in [5.74, 6) is 0.412. The average Bonchev–Trinajstić information content (AvgIpc) is 2.27. The van der Waals surface area contributed by atoms with E-state index in [1.807, 2.05) is 5.43 Å². The first-order valence-electron chi connectivity index (χ1n) is 4.81. The largest absolute Gasteiger partial charge is 0.497 e. The van der Waals surface area contributed by atoms with E-state index >= 15 is 0 Å². The van der Waals surface area contributed by atoms with E-state index in [9.17, 15) is 13.2 Å². The van der Waals surface area contributed by atoms with Crippen molar-refractivity contribution < 1.29 is 17.9 Å². The van der Waals surface area contributed by atoms with Crippen molar-refractivity contribution >= 4 is 22.1 Å². The number of carbonyl (C=O) groups excluding carboxylic acids is 1. The lowest BCUT2D eigenvalue weighted by Gasteiger charge is -2.06. The molecule has 0 aliphatic carbocycles. The average molecular weight is 271 g/mol. The summed E-state index contributed by atoms with van der Waals surface area (Å²) in [6.45, 7) is 0. The van der Waals surface area contributed by atoms with E-state index in [0.29, 0.717) is 11.3 Å². The Hall–Kier alpha value is -2.09. The fourth-order valence-corrected chi connectivity index (χ4v) is 2.11. The van der Waals surface area contributed by atoms with Crippen LogP contribution in [0.2, 0.25) is 0 Å². The Morgan fingerprint density at radius 2 is 2.17 bits per heavy atom. The number of carbonyl (C=O) groups is 1. The van der Waals surface area contributed by atoms with Crippen molar-refractivity contribution in [2.75, 3.05) is 13.4 Å². The molecule has 0 saturated heterocycles. The van der Waals surface area contributed by atoms with E-state index in [2.05, 4.69) is 5.10 Å². The highest BCUT2D eigenvalue weighted by atomic mass is 32.2. The van der Waals surface area contributed by atoms with Gasteiger partial charge in [0.25, 0.3) is 0 Å². The number of rotatable bonds is 4. The molecule has 0 bridgehead atoms. The Bertz CT molecular complexity index is 581. The number of nitrogens with one attached hydrogen (secondary N) is 1. The number of sulfone groups is 1. The Morgan fingerprint density at radius 3 is 2.67 bits per heavy atom. The third-order valence-electron chi connectivity index (χ3n) is 2.00. The summed E-state index contributed by atoms with van der Waals surface area (Å²) in [7, 11) is -2.00. The van der Waals surface area contributed by atoms with Crippen LogP contribution in [-0.2, 0) is 9.84 Å². The molecule has 0 aliphatic heterocycles. The molecule has 0 radical (unpaired) electrons. The molecule has 3 N–H and O–H groups in total. The first-order chi connectivity index (χ1) is 8.34. The van der Waals surface area contributed by atoms with Gasteiger partial charge in [-0.05, 0) is 18.2 Å². The van der Waals surface area contributed by atoms with Gasteiger partial charge < -0.3 is 10.5 Å². The summed E-state index contributed by atoms with van der Waals surface area (Å²) in [4.78, 5) is 10.5. The fourth-order valence-electron chi connectivity index (χ4n) is 1.23. The summed E-state index contributed by atoms with van der Waals surface area (Å²) in [5.41, 5.74) is 7.13. The molecule has 8 heteroatoms. The van der Waals surface area contributed by atoms with Gasteiger partial charge >= 0.3 is 6.03 Å². The predicted octanol–water partition coefficient (Wildman–Crippen LogP) is 0.101. The maximum absolute atomic E-state index is 11.6. The van der Waals surface area contributed by atoms with Crippen molar-refractivity contribution in [3.63, 3.8) is 0 Å². The van der Waals surface area contributed by atoms with Crippen LogP contribution in [0.5, 0.6) is 5.75 Å². The molecule has 98 valence electrons. The predicted molar refractivity (Wildman–Crippen MR) is 66.4 cm³/mol. The van der Waals surface area contributed by atoms with Gasteiger partial charge in [0.05, 0.1) is 18.2 Å². The number of nitrogens with zero attached hydrogens (tertiary/aromatic N) is 1. The number of urea groups is 1. The van der Waals surface area contributed by atoms with E-state index in [0.717, 1.165) is 6.26 Å². The minimum atomic E-state index is -3.43. The maximum Gasteiger partial charge on any atom is 0.332 e. The molecule has 1 rings (SSSR count). The minimum Gasteiger partial charge on any atom is -0.497 e. The molecule has 0 saturated carbocycles. The molecular formula is C10H13N3O4S. The second-order valence-corrected chi connectivity index (χ2v) is 5.39. The van der Waals surface area contributed by atoms with Gasteiger partial charge in [0.1, 0.15) is 5.75 Å². The highest BCUT2D eigenvalue weighted by molar-refractivity contribution is 7.90. The number of hydrogen-bond donors (Lipinski definition) is 2. The van der Waals surface area contributed by atoms with Gasteiger partial charge in [-0.15, -0.1) is 0 Å². The molecule has 0 aromatic heterocycles. The minimum absolute atomic E-state index is 0.0527. The van der Waals surface area contributed by atoms with E-state index in [-0.39, 0.29) is 4.90 Å². The van der Waals surface area contributed by atoms with E-state index in [1.165, 1.54) is 25.5 Å². The Labute approximate surface area is 105 Å². The first kappa shape index (κ1) is 14.0. The molecule has 0 heterocycles. The monoisotopic (exact) mass is 271 g/mol. The van der Waals surface area contributed by atoms with Crippen molar-refractivity contribution in [2.24, 2.45) is 10.8 Å². The SMILES string of the molecule is COc1ccc(C=NNC(N)=O)c(S(C)(=O)=O)c1.